The molecule has 96 valence electrons. The summed E-state index contributed by atoms with van der Waals surface area (Å²) in [6.45, 7) is 0.588. The average molecular weight is 251 g/mol. The van der Waals surface area contributed by atoms with Crippen LogP contribution in [0.1, 0.15) is 25.7 Å². The molecule has 0 saturated heterocycles. The average Bonchev–Trinajstić information content (AvgIpc) is 2.15. The van der Waals surface area contributed by atoms with Gasteiger partial charge < -0.3 is 10.5 Å². The van der Waals surface area contributed by atoms with Gasteiger partial charge in [0.15, 0.2) is 0 Å². The SMILES string of the molecule is COCCCC(N)C(=O)CCCS(C)(=O)=O. The lowest BCUT2D eigenvalue weighted by atomic mass is 10.0. The molecule has 1 unspecified atom stereocenters. The molecule has 0 saturated carbocycles. The molecule has 2 N–H and O–H groups in total. The van der Waals surface area contributed by atoms with Crippen LogP contribution < -0.4 is 5.73 Å². The van der Waals surface area contributed by atoms with Crippen molar-refractivity contribution in [3.05, 3.63) is 0 Å². The molecule has 0 aromatic rings. The van der Waals surface area contributed by atoms with Crippen LogP contribution >= 0.6 is 0 Å². The molecule has 0 aromatic heterocycles. The molecule has 0 bridgehead atoms. The topological polar surface area (TPSA) is 86.5 Å². The number of Topliss-reactive ketones (excluding diaryl/α,β-unsaturated/α-hetero) is 1. The van der Waals surface area contributed by atoms with Crippen molar-refractivity contribution in [2.24, 2.45) is 5.73 Å². The molecule has 0 radical (unpaired) electrons. The second-order valence-electron chi connectivity index (χ2n) is 3.94. The first-order valence-electron chi connectivity index (χ1n) is 5.32. The van der Waals surface area contributed by atoms with Gasteiger partial charge in [-0.05, 0) is 19.3 Å². The molecule has 1 atom stereocenters. The summed E-state index contributed by atoms with van der Waals surface area (Å²) >= 11 is 0. The summed E-state index contributed by atoms with van der Waals surface area (Å²) in [5, 5.41) is 0. The lowest BCUT2D eigenvalue weighted by Crippen LogP contribution is -2.30. The van der Waals surface area contributed by atoms with Crippen molar-refractivity contribution in [2.45, 2.75) is 31.7 Å². The molecule has 0 aliphatic carbocycles. The van der Waals surface area contributed by atoms with Crippen LogP contribution in [0.5, 0.6) is 0 Å². The van der Waals surface area contributed by atoms with Crippen LogP contribution in [0.3, 0.4) is 0 Å². The van der Waals surface area contributed by atoms with Gasteiger partial charge in [0.05, 0.1) is 11.8 Å². The molecule has 0 fully saturated rings. The van der Waals surface area contributed by atoms with E-state index in [0.717, 1.165) is 12.7 Å². The maximum Gasteiger partial charge on any atom is 0.149 e. The molecule has 0 aromatic carbocycles. The molecule has 0 heterocycles. The van der Waals surface area contributed by atoms with E-state index in [0.29, 0.717) is 19.4 Å². The van der Waals surface area contributed by atoms with Crippen molar-refractivity contribution in [2.75, 3.05) is 25.7 Å². The van der Waals surface area contributed by atoms with E-state index >= 15 is 0 Å². The van der Waals surface area contributed by atoms with E-state index < -0.39 is 15.9 Å². The predicted molar refractivity (Wildman–Crippen MR) is 63.0 cm³/mol. The number of nitrogens with two attached hydrogens (primary N) is 1. The number of hydrogen-bond acceptors (Lipinski definition) is 5. The van der Waals surface area contributed by atoms with Crippen LogP contribution in [0.25, 0.3) is 0 Å². The number of rotatable bonds is 9. The maximum atomic E-state index is 11.5. The van der Waals surface area contributed by atoms with E-state index in [9.17, 15) is 13.2 Å². The van der Waals surface area contributed by atoms with E-state index in [1.54, 1.807) is 7.11 Å². The van der Waals surface area contributed by atoms with Gasteiger partial charge in [-0.15, -0.1) is 0 Å². The molecule has 16 heavy (non-hydrogen) atoms. The van der Waals surface area contributed by atoms with Gasteiger partial charge in [-0.25, -0.2) is 8.42 Å². The second-order valence-corrected chi connectivity index (χ2v) is 6.20. The smallest absolute Gasteiger partial charge is 0.149 e. The van der Waals surface area contributed by atoms with E-state index in [1.165, 1.54) is 0 Å². The Hall–Kier alpha value is -0.460. The van der Waals surface area contributed by atoms with Crippen molar-refractivity contribution in [3.8, 4) is 0 Å². The van der Waals surface area contributed by atoms with Crippen LogP contribution in [0.2, 0.25) is 0 Å². The van der Waals surface area contributed by atoms with Crippen LogP contribution in [0.15, 0.2) is 0 Å². The fourth-order valence-electron chi connectivity index (χ4n) is 1.30. The summed E-state index contributed by atoms with van der Waals surface area (Å²) < 4.78 is 26.5. The van der Waals surface area contributed by atoms with Crippen molar-refractivity contribution in [3.63, 3.8) is 0 Å². The summed E-state index contributed by atoms with van der Waals surface area (Å²) in [4.78, 5) is 11.5. The van der Waals surface area contributed by atoms with Crippen molar-refractivity contribution < 1.29 is 17.9 Å². The quantitative estimate of drug-likeness (QED) is 0.589. The summed E-state index contributed by atoms with van der Waals surface area (Å²) in [6, 6.07) is -0.491. The molecule has 0 aliphatic heterocycles. The fourth-order valence-corrected chi connectivity index (χ4v) is 1.97. The molecule has 5 nitrogen and oxygen atoms in total. The number of methoxy groups -OCH3 is 1. The van der Waals surface area contributed by atoms with Crippen LogP contribution in [-0.2, 0) is 19.4 Å². The Morgan fingerprint density at radius 2 is 2.00 bits per heavy atom. The number of ketones is 1. The monoisotopic (exact) mass is 251 g/mol. The molecule has 0 aliphatic rings. The third kappa shape index (κ3) is 8.82. The molecule has 6 heteroatoms. The van der Waals surface area contributed by atoms with Gasteiger partial charge in [0.1, 0.15) is 15.6 Å². The van der Waals surface area contributed by atoms with E-state index in [1.807, 2.05) is 0 Å². The lowest BCUT2D eigenvalue weighted by molar-refractivity contribution is -0.120. The largest absolute Gasteiger partial charge is 0.385 e. The highest BCUT2D eigenvalue weighted by molar-refractivity contribution is 7.90. The number of carbonyl (C=O) groups excluding carboxylic acids is 1. The van der Waals surface area contributed by atoms with Gasteiger partial charge in [-0.3, -0.25) is 4.79 Å². The highest BCUT2D eigenvalue weighted by Crippen LogP contribution is 2.02. The molecular formula is C10H21NO4S. The summed E-state index contributed by atoms with van der Waals surface area (Å²) in [5.74, 6) is -0.0245. The molecule has 0 rings (SSSR count). The van der Waals surface area contributed by atoms with Crippen LogP contribution in [0, 0.1) is 0 Å². The minimum absolute atomic E-state index is 0.0452. The Kier molecular flexibility index (Phi) is 7.53. The first-order chi connectivity index (χ1) is 7.37. The minimum Gasteiger partial charge on any atom is -0.385 e. The van der Waals surface area contributed by atoms with Gasteiger partial charge in [0.2, 0.25) is 0 Å². The maximum absolute atomic E-state index is 11.5. The zero-order chi connectivity index (χ0) is 12.6. The normalized spacial score (nSPS) is 13.7. The van der Waals surface area contributed by atoms with Gasteiger partial charge in [-0.1, -0.05) is 0 Å². The first-order valence-corrected chi connectivity index (χ1v) is 7.38. The Bertz CT molecular complexity index is 300. The second kappa shape index (κ2) is 7.76. The summed E-state index contributed by atoms with van der Waals surface area (Å²) in [5.41, 5.74) is 5.65. The lowest BCUT2D eigenvalue weighted by Gasteiger charge is -2.09. The van der Waals surface area contributed by atoms with Gasteiger partial charge in [0.25, 0.3) is 0 Å². The Morgan fingerprint density at radius 3 is 2.50 bits per heavy atom. The van der Waals surface area contributed by atoms with Gasteiger partial charge in [0, 0.05) is 26.4 Å². The number of ether oxygens (including phenoxy) is 1. The standard InChI is InChI=1S/C10H21NO4S/c1-15-7-3-5-9(11)10(12)6-4-8-16(2,13)14/h9H,3-8,11H2,1-2H3. The Morgan fingerprint density at radius 1 is 1.38 bits per heavy atom. The van der Waals surface area contributed by atoms with Crippen LogP contribution in [-0.4, -0.2) is 46.0 Å². The van der Waals surface area contributed by atoms with E-state index in [4.69, 9.17) is 10.5 Å². The highest BCUT2D eigenvalue weighted by Gasteiger charge is 2.13. The third-order valence-electron chi connectivity index (χ3n) is 2.22. The summed E-state index contributed by atoms with van der Waals surface area (Å²) in [6.07, 6.45) is 3.09. The van der Waals surface area contributed by atoms with Crippen LogP contribution in [0.4, 0.5) is 0 Å². The van der Waals surface area contributed by atoms with Gasteiger partial charge >= 0.3 is 0 Å². The van der Waals surface area contributed by atoms with Crippen molar-refractivity contribution in [1.82, 2.24) is 0 Å². The van der Waals surface area contributed by atoms with Crippen molar-refractivity contribution >= 4 is 15.6 Å². The zero-order valence-electron chi connectivity index (χ0n) is 9.94. The third-order valence-corrected chi connectivity index (χ3v) is 3.25. The van der Waals surface area contributed by atoms with Crippen molar-refractivity contribution in [1.29, 1.82) is 0 Å². The van der Waals surface area contributed by atoms with Gasteiger partial charge in [-0.2, -0.15) is 0 Å². The number of carbonyl (C=O) groups is 1. The predicted octanol–water partition coefficient (Wildman–Crippen LogP) is 0.134. The molecule has 0 amide bonds. The Balaban J connectivity index is 3.71. The molecule has 0 spiro atoms. The fraction of sp³-hybridized carbons (Fsp3) is 0.900. The first kappa shape index (κ1) is 15.5. The van der Waals surface area contributed by atoms with E-state index in [2.05, 4.69) is 0 Å². The summed E-state index contributed by atoms with van der Waals surface area (Å²) in [7, 11) is -1.38. The minimum atomic E-state index is -2.98. The molecular weight excluding hydrogens is 230 g/mol. The number of hydrogen-bond donors (Lipinski definition) is 1. The Labute approximate surface area is 97.3 Å². The highest BCUT2D eigenvalue weighted by atomic mass is 32.2. The van der Waals surface area contributed by atoms with E-state index in [-0.39, 0.29) is 18.0 Å². The number of sulfone groups is 1. The zero-order valence-corrected chi connectivity index (χ0v) is 10.8.